The Labute approximate surface area is 81.1 Å². The largest absolute Gasteiger partial charge is 0.449 e. The van der Waals surface area contributed by atoms with Crippen LogP contribution in [0.4, 0.5) is 4.79 Å². The van der Waals surface area contributed by atoms with Gasteiger partial charge in [0.05, 0.1) is 6.61 Å². The van der Waals surface area contributed by atoms with E-state index in [-0.39, 0.29) is 6.09 Å². The van der Waals surface area contributed by atoms with E-state index in [1.165, 1.54) is 0 Å². The molecule has 3 heteroatoms. The summed E-state index contributed by atoms with van der Waals surface area (Å²) in [6.07, 6.45) is 3.65. The molecule has 0 heterocycles. The number of rotatable bonds is 6. The Hall–Kier alpha value is -0.730. The van der Waals surface area contributed by atoms with Crippen LogP contribution in [0.5, 0.6) is 0 Å². The molecule has 0 aliphatic rings. The molecule has 0 aromatic carbocycles. The molecule has 0 rings (SSSR count). The lowest BCUT2D eigenvalue weighted by molar-refractivity contribution is 0.110. The van der Waals surface area contributed by atoms with E-state index in [0.29, 0.717) is 6.61 Å². The van der Waals surface area contributed by atoms with Crippen LogP contribution in [0.2, 0.25) is 0 Å². The van der Waals surface area contributed by atoms with Gasteiger partial charge < -0.3 is 9.64 Å². The Morgan fingerprint density at radius 1 is 1.46 bits per heavy atom. The Morgan fingerprint density at radius 2 is 2.15 bits per heavy atom. The second-order valence-corrected chi connectivity index (χ2v) is 3.10. The summed E-state index contributed by atoms with van der Waals surface area (Å²) in [6, 6.07) is 0. The predicted octanol–water partition coefficient (Wildman–Crippen LogP) is 2.47. The van der Waals surface area contributed by atoms with Crippen molar-refractivity contribution >= 4 is 6.09 Å². The number of amides is 1. The van der Waals surface area contributed by atoms with E-state index >= 15 is 0 Å². The van der Waals surface area contributed by atoms with Crippen molar-refractivity contribution in [2.24, 2.45) is 0 Å². The predicted molar refractivity (Wildman–Crippen MR) is 53.5 cm³/mol. The smallest absolute Gasteiger partial charge is 0.409 e. The number of carbonyl (C=O) groups is 1. The topological polar surface area (TPSA) is 29.5 Å². The summed E-state index contributed by atoms with van der Waals surface area (Å²) in [5, 5.41) is 0. The zero-order chi connectivity index (χ0) is 10.1. The van der Waals surface area contributed by atoms with Crippen LogP contribution in [0.1, 0.15) is 32.6 Å². The summed E-state index contributed by atoms with van der Waals surface area (Å²) in [5.41, 5.74) is 0. The molecule has 0 atom stereocenters. The Kier molecular flexibility index (Phi) is 7.45. The molecule has 0 aromatic rings. The summed E-state index contributed by atoms with van der Waals surface area (Å²) >= 11 is 0. The van der Waals surface area contributed by atoms with Crippen LogP contribution in [-0.2, 0) is 4.74 Å². The molecule has 1 amide bonds. The number of hydrogen-bond acceptors (Lipinski definition) is 2. The fraction of sp³-hybridized carbons (Fsp3) is 0.800. The average Bonchev–Trinajstić information content (AvgIpc) is 2.14. The van der Waals surface area contributed by atoms with Gasteiger partial charge in [0.2, 0.25) is 0 Å². The second-order valence-electron chi connectivity index (χ2n) is 3.10. The van der Waals surface area contributed by atoms with E-state index in [4.69, 9.17) is 4.74 Å². The minimum absolute atomic E-state index is 0.217. The molecule has 1 radical (unpaired) electrons. The maximum atomic E-state index is 11.2. The molecule has 0 bridgehead atoms. The second kappa shape index (κ2) is 7.90. The number of carbonyl (C=O) groups excluding carboxylic acids is 1. The zero-order valence-corrected chi connectivity index (χ0v) is 8.71. The molecular weight excluding hydrogens is 166 g/mol. The Morgan fingerprint density at radius 3 is 2.69 bits per heavy atom. The third-order valence-corrected chi connectivity index (χ3v) is 1.73. The van der Waals surface area contributed by atoms with Crippen molar-refractivity contribution in [2.75, 3.05) is 20.2 Å². The van der Waals surface area contributed by atoms with Crippen molar-refractivity contribution in [3.63, 3.8) is 0 Å². The fourth-order valence-corrected chi connectivity index (χ4v) is 0.917. The van der Waals surface area contributed by atoms with Gasteiger partial charge in [-0.05, 0) is 12.8 Å². The molecule has 3 nitrogen and oxygen atoms in total. The summed E-state index contributed by atoms with van der Waals surface area (Å²) < 4.78 is 4.96. The van der Waals surface area contributed by atoms with Gasteiger partial charge in [0, 0.05) is 13.6 Å². The minimum Gasteiger partial charge on any atom is -0.449 e. The minimum atomic E-state index is -0.217. The Balaban J connectivity index is 3.45. The van der Waals surface area contributed by atoms with E-state index in [1.54, 1.807) is 11.9 Å². The molecule has 0 fully saturated rings. The van der Waals surface area contributed by atoms with Gasteiger partial charge in [-0.2, -0.15) is 0 Å². The van der Waals surface area contributed by atoms with Crippen LogP contribution < -0.4 is 0 Å². The van der Waals surface area contributed by atoms with Crippen LogP contribution in [-0.4, -0.2) is 31.2 Å². The summed E-state index contributed by atoms with van der Waals surface area (Å²) in [6.45, 7) is 7.00. The lowest BCUT2D eigenvalue weighted by Gasteiger charge is -2.16. The first-order chi connectivity index (χ1) is 6.22. The number of unbranched alkanes of at least 4 members (excludes halogenated alkanes) is 2. The molecule has 0 saturated carbocycles. The van der Waals surface area contributed by atoms with Crippen molar-refractivity contribution < 1.29 is 9.53 Å². The van der Waals surface area contributed by atoms with Crippen molar-refractivity contribution in [3.05, 3.63) is 6.92 Å². The van der Waals surface area contributed by atoms with Crippen LogP contribution in [0, 0.1) is 6.92 Å². The normalized spacial score (nSPS) is 9.77. The van der Waals surface area contributed by atoms with Crippen LogP contribution >= 0.6 is 0 Å². The summed E-state index contributed by atoms with van der Waals surface area (Å²) in [7, 11) is 1.76. The molecule has 13 heavy (non-hydrogen) atoms. The van der Waals surface area contributed by atoms with E-state index in [1.807, 2.05) is 6.92 Å². The number of hydrogen-bond donors (Lipinski definition) is 0. The van der Waals surface area contributed by atoms with Gasteiger partial charge in [0.15, 0.2) is 0 Å². The van der Waals surface area contributed by atoms with Crippen LogP contribution in [0.25, 0.3) is 0 Å². The van der Waals surface area contributed by atoms with E-state index in [9.17, 15) is 4.79 Å². The van der Waals surface area contributed by atoms with Crippen LogP contribution in [0.3, 0.4) is 0 Å². The molecular formula is C10H20NO2. The first-order valence-electron chi connectivity index (χ1n) is 4.89. The van der Waals surface area contributed by atoms with E-state index in [2.05, 4.69) is 6.92 Å². The summed E-state index contributed by atoms with van der Waals surface area (Å²) in [4.78, 5) is 12.8. The van der Waals surface area contributed by atoms with E-state index in [0.717, 1.165) is 32.2 Å². The number of nitrogens with zero attached hydrogens (tertiary/aromatic N) is 1. The van der Waals surface area contributed by atoms with Crippen LogP contribution in [0.15, 0.2) is 0 Å². The molecule has 77 valence electrons. The molecule has 0 aliphatic carbocycles. The maximum Gasteiger partial charge on any atom is 0.409 e. The van der Waals surface area contributed by atoms with Gasteiger partial charge in [-0.15, -0.1) is 0 Å². The summed E-state index contributed by atoms with van der Waals surface area (Å²) in [5.74, 6) is 0. The van der Waals surface area contributed by atoms with Gasteiger partial charge in [-0.1, -0.05) is 26.7 Å². The van der Waals surface area contributed by atoms with Crippen molar-refractivity contribution in [2.45, 2.75) is 32.6 Å². The molecule has 0 N–H and O–H groups in total. The van der Waals surface area contributed by atoms with E-state index < -0.39 is 0 Å². The van der Waals surface area contributed by atoms with Gasteiger partial charge >= 0.3 is 6.09 Å². The molecule has 0 spiro atoms. The van der Waals surface area contributed by atoms with Crippen molar-refractivity contribution in [1.82, 2.24) is 4.90 Å². The van der Waals surface area contributed by atoms with Gasteiger partial charge in [0.1, 0.15) is 0 Å². The average molecular weight is 186 g/mol. The van der Waals surface area contributed by atoms with Crippen molar-refractivity contribution in [1.29, 1.82) is 0 Å². The SMILES string of the molecule is [CH2]CCCCN(C)C(=O)OCCC. The third kappa shape index (κ3) is 6.43. The quantitative estimate of drug-likeness (QED) is 0.596. The Bertz CT molecular complexity index is 137. The lowest BCUT2D eigenvalue weighted by atomic mass is 10.2. The monoisotopic (exact) mass is 186 g/mol. The molecule has 0 unspecified atom stereocenters. The highest BCUT2D eigenvalue weighted by atomic mass is 16.6. The first-order valence-corrected chi connectivity index (χ1v) is 4.89. The van der Waals surface area contributed by atoms with Crippen molar-refractivity contribution in [3.8, 4) is 0 Å². The zero-order valence-electron chi connectivity index (χ0n) is 8.71. The highest BCUT2D eigenvalue weighted by molar-refractivity contribution is 5.67. The highest BCUT2D eigenvalue weighted by Crippen LogP contribution is 1.98. The fourth-order valence-electron chi connectivity index (χ4n) is 0.917. The number of ether oxygens (including phenoxy) is 1. The molecule has 0 aliphatic heterocycles. The molecule has 0 aromatic heterocycles. The first kappa shape index (κ1) is 12.3. The van der Waals surface area contributed by atoms with Gasteiger partial charge in [-0.3, -0.25) is 0 Å². The lowest BCUT2D eigenvalue weighted by Crippen LogP contribution is -2.28. The molecule has 0 saturated heterocycles. The van der Waals surface area contributed by atoms with Gasteiger partial charge in [-0.25, -0.2) is 4.79 Å². The maximum absolute atomic E-state index is 11.2. The highest BCUT2D eigenvalue weighted by Gasteiger charge is 2.07. The standard InChI is InChI=1S/C10H20NO2/c1-4-6-7-8-11(3)10(12)13-9-5-2/h1,4-9H2,2-3H3. The third-order valence-electron chi connectivity index (χ3n) is 1.73. The van der Waals surface area contributed by atoms with Gasteiger partial charge in [0.25, 0.3) is 0 Å².